The van der Waals surface area contributed by atoms with E-state index in [2.05, 4.69) is 25.1 Å². The number of pyridine rings is 1. The Morgan fingerprint density at radius 2 is 1.76 bits per heavy atom. The van der Waals surface area contributed by atoms with Crippen molar-refractivity contribution in [3.63, 3.8) is 0 Å². The van der Waals surface area contributed by atoms with Crippen LogP contribution in [-0.4, -0.2) is 59.9 Å². The van der Waals surface area contributed by atoms with Crippen molar-refractivity contribution in [1.29, 1.82) is 0 Å². The molecule has 3 aromatic heterocycles. The number of nitrogens with two attached hydrogens (primary N) is 1. The van der Waals surface area contributed by atoms with Gasteiger partial charge in [-0.15, -0.1) is 15.0 Å². The van der Waals surface area contributed by atoms with Gasteiger partial charge in [0.2, 0.25) is 5.88 Å². The van der Waals surface area contributed by atoms with E-state index < -0.39 is 5.54 Å². The summed E-state index contributed by atoms with van der Waals surface area (Å²) in [6.45, 7) is 6.71. The number of piperidine rings is 1. The first-order chi connectivity index (χ1) is 18.2. The van der Waals surface area contributed by atoms with Gasteiger partial charge in [0, 0.05) is 54.5 Å². The number of ether oxygens (including phenoxy) is 1. The molecule has 1 aromatic carbocycles. The minimum Gasteiger partial charge on any atom is -0.474 e. The van der Waals surface area contributed by atoms with E-state index in [4.69, 9.17) is 10.5 Å². The van der Waals surface area contributed by atoms with E-state index in [1.54, 1.807) is 42.4 Å². The van der Waals surface area contributed by atoms with Crippen LogP contribution < -0.4 is 10.5 Å². The third kappa shape index (κ3) is 4.49. The number of nitrogens with zero attached hydrogens (tertiary/aromatic N) is 7. The summed E-state index contributed by atoms with van der Waals surface area (Å²) in [6, 6.07) is 11.6. The maximum absolute atomic E-state index is 13.5. The lowest BCUT2D eigenvalue weighted by atomic mass is 9.95. The highest BCUT2D eigenvalue weighted by Crippen LogP contribution is 2.48. The van der Waals surface area contributed by atoms with Crippen LogP contribution in [0.4, 0.5) is 4.39 Å². The molecule has 1 unspecified atom stereocenters. The summed E-state index contributed by atoms with van der Waals surface area (Å²) >= 11 is 0. The Labute approximate surface area is 218 Å². The number of halogens is 1. The highest BCUT2D eigenvalue weighted by Gasteiger charge is 2.59. The van der Waals surface area contributed by atoms with Crippen LogP contribution in [0, 0.1) is 24.6 Å². The van der Waals surface area contributed by atoms with Gasteiger partial charge in [-0.25, -0.2) is 19.3 Å². The highest BCUT2D eigenvalue weighted by atomic mass is 19.1. The Bertz CT molecular complexity index is 1490. The number of aromatic nitrogens is 6. The standard InChI is InChI=1S/C27H27FN8O2/c1-15-23(34-36(33-15)26-30-9-4-10-31-26)25(37)35-13-19-20(14-35)24(19)38-22-12-17(27(2,3)29)11-21(32-22)16-5-7-18(28)8-6-16/h4-12,19-20,24H,13-14,29H2,1-3H3/t19-,20+,24?. The molecular formula is C27H27FN8O2. The Kier molecular flexibility index (Phi) is 5.68. The number of carbonyl (C=O) groups is 1. The second-order valence-electron chi connectivity index (χ2n) is 10.4. The van der Waals surface area contributed by atoms with E-state index in [0.29, 0.717) is 42.0 Å². The van der Waals surface area contributed by atoms with Gasteiger partial charge in [-0.1, -0.05) is 0 Å². The molecule has 3 atom stereocenters. The molecule has 194 valence electrons. The van der Waals surface area contributed by atoms with Crippen LogP contribution in [0.5, 0.6) is 5.88 Å². The molecule has 4 heterocycles. The van der Waals surface area contributed by atoms with Crippen LogP contribution in [0.3, 0.4) is 0 Å². The number of hydrogen-bond acceptors (Lipinski definition) is 8. The molecule has 2 fully saturated rings. The summed E-state index contributed by atoms with van der Waals surface area (Å²) in [5, 5.41) is 8.65. The molecule has 6 rings (SSSR count). The molecule has 1 aliphatic carbocycles. The zero-order valence-electron chi connectivity index (χ0n) is 21.2. The lowest BCUT2D eigenvalue weighted by molar-refractivity contribution is 0.0744. The topological polar surface area (TPSA) is 125 Å². The number of rotatable bonds is 6. The molecule has 1 saturated carbocycles. The van der Waals surface area contributed by atoms with Crippen molar-refractivity contribution in [2.75, 3.05) is 13.1 Å². The van der Waals surface area contributed by atoms with Crippen molar-refractivity contribution in [3.8, 4) is 23.1 Å². The van der Waals surface area contributed by atoms with Crippen molar-refractivity contribution in [3.05, 3.63) is 77.6 Å². The number of carbonyl (C=O) groups excluding carboxylic acids is 1. The van der Waals surface area contributed by atoms with Gasteiger partial charge in [0.05, 0.1) is 11.4 Å². The molecule has 11 heteroatoms. The molecule has 1 saturated heterocycles. The predicted octanol–water partition coefficient (Wildman–Crippen LogP) is 2.91. The van der Waals surface area contributed by atoms with Crippen molar-refractivity contribution in [2.24, 2.45) is 17.6 Å². The van der Waals surface area contributed by atoms with Crippen molar-refractivity contribution < 1.29 is 13.9 Å². The molecule has 0 radical (unpaired) electrons. The Balaban J connectivity index is 1.16. The van der Waals surface area contributed by atoms with Crippen molar-refractivity contribution in [2.45, 2.75) is 32.4 Å². The molecule has 10 nitrogen and oxygen atoms in total. The lowest BCUT2D eigenvalue weighted by Crippen LogP contribution is -2.34. The van der Waals surface area contributed by atoms with Crippen LogP contribution in [0.15, 0.2) is 54.9 Å². The molecular weight excluding hydrogens is 487 g/mol. The number of amides is 1. The maximum Gasteiger partial charge on any atom is 0.276 e. The number of aryl methyl sites for hydroxylation is 1. The summed E-state index contributed by atoms with van der Waals surface area (Å²) in [7, 11) is 0. The van der Waals surface area contributed by atoms with Gasteiger partial charge in [0.25, 0.3) is 11.9 Å². The fourth-order valence-corrected chi connectivity index (χ4v) is 4.87. The zero-order valence-corrected chi connectivity index (χ0v) is 21.2. The van der Waals surface area contributed by atoms with Crippen LogP contribution in [-0.2, 0) is 5.54 Å². The molecule has 0 spiro atoms. The molecule has 38 heavy (non-hydrogen) atoms. The van der Waals surface area contributed by atoms with Crippen LogP contribution >= 0.6 is 0 Å². The third-order valence-electron chi connectivity index (χ3n) is 7.06. The largest absolute Gasteiger partial charge is 0.474 e. The van der Waals surface area contributed by atoms with Gasteiger partial charge in [-0.05, 0) is 62.7 Å². The fourth-order valence-electron chi connectivity index (χ4n) is 4.87. The maximum atomic E-state index is 13.5. The van der Waals surface area contributed by atoms with Crippen LogP contribution in [0.2, 0.25) is 0 Å². The minimum absolute atomic E-state index is 0.0433. The van der Waals surface area contributed by atoms with E-state index in [9.17, 15) is 9.18 Å². The van der Waals surface area contributed by atoms with E-state index in [1.165, 1.54) is 16.9 Å². The van der Waals surface area contributed by atoms with E-state index >= 15 is 0 Å². The van der Waals surface area contributed by atoms with E-state index in [0.717, 1.165) is 11.1 Å². The monoisotopic (exact) mass is 514 g/mol. The molecule has 1 amide bonds. The van der Waals surface area contributed by atoms with Gasteiger partial charge < -0.3 is 15.4 Å². The highest BCUT2D eigenvalue weighted by molar-refractivity contribution is 5.93. The summed E-state index contributed by atoms with van der Waals surface area (Å²) in [5.41, 5.74) is 8.90. The van der Waals surface area contributed by atoms with Gasteiger partial charge in [-0.2, -0.15) is 0 Å². The molecule has 2 aliphatic rings. The van der Waals surface area contributed by atoms with E-state index in [-0.39, 0.29) is 29.7 Å². The van der Waals surface area contributed by atoms with Crippen LogP contribution in [0.1, 0.15) is 35.6 Å². The zero-order chi connectivity index (χ0) is 26.6. The van der Waals surface area contributed by atoms with Crippen molar-refractivity contribution >= 4 is 5.91 Å². The number of benzene rings is 1. The SMILES string of the molecule is Cc1nn(-c2ncccn2)nc1C(=O)N1C[C@@H]2C(Oc3cc(C(C)(C)N)cc(-c4ccc(F)cc4)n3)[C@@H]2C1. The second kappa shape index (κ2) is 8.95. The average Bonchev–Trinajstić information content (AvgIpc) is 3.22. The molecule has 1 aliphatic heterocycles. The summed E-state index contributed by atoms with van der Waals surface area (Å²) in [4.78, 5) is 29.2. The summed E-state index contributed by atoms with van der Waals surface area (Å²) in [5.74, 6) is 0.715. The van der Waals surface area contributed by atoms with Gasteiger partial charge in [-0.3, -0.25) is 4.79 Å². The quantitative estimate of drug-likeness (QED) is 0.416. The number of likely N-dealkylation sites (tertiary alicyclic amines) is 1. The van der Waals surface area contributed by atoms with Gasteiger partial charge in [0.1, 0.15) is 11.9 Å². The van der Waals surface area contributed by atoms with E-state index in [1.807, 2.05) is 26.0 Å². The fraction of sp³-hybridized carbons (Fsp3) is 0.333. The average molecular weight is 515 g/mol. The minimum atomic E-state index is -0.613. The van der Waals surface area contributed by atoms with Gasteiger partial charge >= 0.3 is 0 Å². The number of fused-ring (bicyclic) bond motifs is 1. The molecule has 2 N–H and O–H groups in total. The molecule has 4 aromatic rings. The molecule has 0 bridgehead atoms. The smallest absolute Gasteiger partial charge is 0.276 e. The summed E-state index contributed by atoms with van der Waals surface area (Å²) < 4.78 is 19.8. The normalized spacial score (nSPS) is 20.3. The van der Waals surface area contributed by atoms with Crippen LogP contribution in [0.25, 0.3) is 17.2 Å². The lowest BCUT2D eigenvalue weighted by Gasteiger charge is -2.22. The predicted molar refractivity (Wildman–Crippen MR) is 136 cm³/mol. The summed E-state index contributed by atoms with van der Waals surface area (Å²) in [6.07, 6.45) is 3.15. The van der Waals surface area contributed by atoms with Crippen molar-refractivity contribution in [1.82, 2.24) is 34.8 Å². The Hall–Kier alpha value is -4.25. The number of hydrogen-bond donors (Lipinski definition) is 1. The Morgan fingerprint density at radius 3 is 2.42 bits per heavy atom. The Morgan fingerprint density at radius 1 is 1.08 bits per heavy atom. The third-order valence-corrected chi connectivity index (χ3v) is 7.06. The second-order valence-corrected chi connectivity index (χ2v) is 10.4. The first kappa shape index (κ1) is 24.1. The first-order valence-electron chi connectivity index (χ1n) is 12.4. The van der Waals surface area contributed by atoms with Gasteiger partial charge in [0.15, 0.2) is 5.69 Å². The first-order valence-corrected chi connectivity index (χ1v) is 12.4.